The van der Waals surface area contributed by atoms with Crippen LogP contribution in [0.25, 0.3) is 10.8 Å². The van der Waals surface area contributed by atoms with Crippen molar-refractivity contribution in [2.75, 3.05) is 0 Å². The molecule has 23 heavy (non-hydrogen) atoms. The summed E-state index contributed by atoms with van der Waals surface area (Å²) in [6.07, 6.45) is 0.988. The molecule has 0 spiro atoms. The quantitative estimate of drug-likeness (QED) is 0.573. The van der Waals surface area contributed by atoms with Crippen LogP contribution in [0.1, 0.15) is 11.8 Å². The van der Waals surface area contributed by atoms with Crippen molar-refractivity contribution >= 4 is 34.2 Å². The predicted octanol–water partition coefficient (Wildman–Crippen LogP) is 3.82. The molecule has 1 unspecified atom stereocenters. The molecule has 0 bridgehead atoms. The molecule has 0 aliphatic carbocycles. The van der Waals surface area contributed by atoms with E-state index in [2.05, 4.69) is 10.5 Å². The number of benzene rings is 2. The molecule has 5 heteroatoms. The first kappa shape index (κ1) is 15.2. The minimum absolute atomic E-state index is 0.286. The molecule has 0 aliphatic rings. The van der Waals surface area contributed by atoms with Crippen LogP contribution in [0.4, 0.5) is 0 Å². The zero-order valence-electron chi connectivity index (χ0n) is 12.6. The molecule has 1 heterocycles. The fraction of sp³-hybridized carbons (Fsp3) is 0.111. The number of nitrogens with one attached hydrogen (secondary N) is 1. The molecule has 0 saturated carbocycles. The summed E-state index contributed by atoms with van der Waals surface area (Å²) < 4.78 is 5.69. The second-order valence-corrected chi connectivity index (χ2v) is 6.00. The highest BCUT2D eigenvalue weighted by Crippen LogP contribution is 2.21. The first-order chi connectivity index (χ1) is 11.2. The number of rotatable bonds is 5. The summed E-state index contributed by atoms with van der Waals surface area (Å²) in [5.41, 5.74) is 2.49. The van der Waals surface area contributed by atoms with Gasteiger partial charge in [-0.1, -0.05) is 36.4 Å². The molecular formula is C18H16N2O2S. The van der Waals surface area contributed by atoms with Crippen molar-refractivity contribution in [2.24, 2.45) is 5.10 Å². The van der Waals surface area contributed by atoms with E-state index in [9.17, 15) is 4.79 Å². The molecule has 1 amide bonds. The Morgan fingerprint density at radius 2 is 2.00 bits per heavy atom. The van der Waals surface area contributed by atoms with Crippen molar-refractivity contribution in [1.82, 2.24) is 5.43 Å². The Labute approximate surface area is 138 Å². The van der Waals surface area contributed by atoms with Crippen molar-refractivity contribution in [3.05, 3.63) is 64.9 Å². The monoisotopic (exact) mass is 324 g/mol. The molecule has 0 fully saturated rings. The van der Waals surface area contributed by atoms with Crippen LogP contribution in [0.15, 0.2) is 65.1 Å². The van der Waals surface area contributed by atoms with Crippen LogP contribution < -0.4 is 10.2 Å². The van der Waals surface area contributed by atoms with Gasteiger partial charge in [0.05, 0.1) is 6.21 Å². The van der Waals surface area contributed by atoms with Crippen LogP contribution in [0.2, 0.25) is 0 Å². The lowest BCUT2D eigenvalue weighted by molar-refractivity contribution is -0.127. The number of nitrogens with zero attached hydrogens (tertiary/aromatic N) is 1. The van der Waals surface area contributed by atoms with Gasteiger partial charge in [-0.05, 0) is 41.3 Å². The SMILES string of the molecule is CC(Oc1ccc2ccccc2c1)C(=O)N/N=C/c1cccs1. The number of hydrogen-bond donors (Lipinski definition) is 1. The summed E-state index contributed by atoms with van der Waals surface area (Å²) in [4.78, 5) is 13.0. The smallest absolute Gasteiger partial charge is 0.280 e. The van der Waals surface area contributed by atoms with Gasteiger partial charge in [-0.25, -0.2) is 5.43 Å². The van der Waals surface area contributed by atoms with Crippen molar-refractivity contribution < 1.29 is 9.53 Å². The highest BCUT2D eigenvalue weighted by molar-refractivity contribution is 7.11. The number of ether oxygens (including phenoxy) is 1. The Morgan fingerprint density at radius 1 is 1.17 bits per heavy atom. The second kappa shape index (κ2) is 7.07. The highest BCUT2D eigenvalue weighted by atomic mass is 32.1. The van der Waals surface area contributed by atoms with E-state index in [4.69, 9.17) is 4.74 Å². The zero-order valence-corrected chi connectivity index (χ0v) is 13.4. The third-order valence-corrected chi connectivity index (χ3v) is 4.12. The Kier molecular flexibility index (Phi) is 4.68. The largest absolute Gasteiger partial charge is 0.481 e. The van der Waals surface area contributed by atoms with Gasteiger partial charge in [0.25, 0.3) is 5.91 Å². The van der Waals surface area contributed by atoms with Crippen molar-refractivity contribution in [3.63, 3.8) is 0 Å². The fourth-order valence-corrected chi connectivity index (χ4v) is 2.70. The maximum Gasteiger partial charge on any atom is 0.280 e. The van der Waals surface area contributed by atoms with Gasteiger partial charge in [0.1, 0.15) is 5.75 Å². The minimum Gasteiger partial charge on any atom is -0.481 e. The molecule has 2 aromatic carbocycles. The zero-order chi connectivity index (χ0) is 16.1. The molecule has 0 saturated heterocycles. The van der Waals surface area contributed by atoms with Gasteiger partial charge >= 0.3 is 0 Å². The molecule has 0 aliphatic heterocycles. The van der Waals surface area contributed by atoms with Crippen molar-refractivity contribution in [2.45, 2.75) is 13.0 Å². The molecular weight excluding hydrogens is 308 g/mol. The third kappa shape index (κ3) is 3.96. The van der Waals surface area contributed by atoms with E-state index in [1.807, 2.05) is 60.0 Å². The van der Waals surface area contributed by atoms with Crippen molar-refractivity contribution in [1.29, 1.82) is 0 Å². The lowest BCUT2D eigenvalue weighted by atomic mass is 10.1. The van der Waals surface area contributed by atoms with Crippen LogP contribution in [0.5, 0.6) is 5.75 Å². The molecule has 1 aromatic heterocycles. The lowest BCUT2D eigenvalue weighted by Crippen LogP contribution is -2.33. The van der Waals surface area contributed by atoms with E-state index in [0.717, 1.165) is 15.6 Å². The van der Waals surface area contributed by atoms with E-state index in [1.54, 1.807) is 24.5 Å². The van der Waals surface area contributed by atoms with Gasteiger partial charge in [0.15, 0.2) is 6.10 Å². The predicted molar refractivity (Wildman–Crippen MR) is 94.1 cm³/mol. The van der Waals surface area contributed by atoms with Gasteiger partial charge in [0.2, 0.25) is 0 Å². The number of hydrogen-bond acceptors (Lipinski definition) is 4. The summed E-state index contributed by atoms with van der Waals surface area (Å²) in [6, 6.07) is 17.6. The first-order valence-corrected chi connectivity index (χ1v) is 8.12. The Balaban J connectivity index is 1.60. The average Bonchev–Trinajstić information content (AvgIpc) is 3.08. The van der Waals surface area contributed by atoms with Gasteiger partial charge in [-0.2, -0.15) is 5.10 Å². The van der Waals surface area contributed by atoms with E-state index in [-0.39, 0.29) is 5.91 Å². The fourth-order valence-electron chi connectivity index (χ4n) is 2.11. The number of fused-ring (bicyclic) bond motifs is 1. The van der Waals surface area contributed by atoms with Gasteiger partial charge in [-0.3, -0.25) is 4.79 Å². The summed E-state index contributed by atoms with van der Waals surface area (Å²) in [7, 11) is 0. The Hall–Kier alpha value is -2.66. The van der Waals surface area contributed by atoms with Crippen molar-refractivity contribution in [3.8, 4) is 5.75 Å². The number of thiophene rings is 1. The Morgan fingerprint density at radius 3 is 2.78 bits per heavy atom. The van der Waals surface area contributed by atoms with E-state index in [1.165, 1.54) is 0 Å². The van der Waals surface area contributed by atoms with Gasteiger partial charge in [-0.15, -0.1) is 11.3 Å². The molecule has 3 aromatic rings. The number of hydrazone groups is 1. The maximum atomic E-state index is 12.0. The molecule has 1 N–H and O–H groups in total. The van der Waals surface area contributed by atoms with Crippen LogP contribution in [0, 0.1) is 0 Å². The van der Waals surface area contributed by atoms with E-state index in [0.29, 0.717) is 5.75 Å². The van der Waals surface area contributed by atoms with Gasteiger partial charge < -0.3 is 4.74 Å². The van der Waals surface area contributed by atoms with Crippen LogP contribution in [-0.4, -0.2) is 18.2 Å². The first-order valence-electron chi connectivity index (χ1n) is 7.24. The molecule has 4 nitrogen and oxygen atoms in total. The van der Waals surface area contributed by atoms with Crippen LogP contribution in [0.3, 0.4) is 0 Å². The third-order valence-electron chi connectivity index (χ3n) is 3.31. The maximum absolute atomic E-state index is 12.0. The number of carbonyl (C=O) groups is 1. The highest BCUT2D eigenvalue weighted by Gasteiger charge is 2.14. The topological polar surface area (TPSA) is 50.7 Å². The molecule has 3 rings (SSSR count). The van der Waals surface area contributed by atoms with E-state index < -0.39 is 6.10 Å². The number of carbonyl (C=O) groups excluding carboxylic acids is 1. The standard InChI is InChI=1S/C18H16N2O2S/c1-13(18(21)20-19-12-17-7-4-10-23-17)22-16-9-8-14-5-2-3-6-15(14)11-16/h2-13H,1H3,(H,20,21)/b19-12+. The molecule has 116 valence electrons. The second-order valence-electron chi connectivity index (χ2n) is 5.02. The average molecular weight is 324 g/mol. The van der Waals surface area contributed by atoms with Gasteiger partial charge in [0, 0.05) is 4.88 Å². The van der Waals surface area contributed by atoms with E-state index >= 15 is 0 Å². The van der Waals surface area contributed by atoms with Crippen LogP contribution in [-0.2, 0) is 4.79 Å². The minimum atomic E-state index is -0.628. The molecule has 0 radical (unpaired) electrons. The number of amides is 1. The summed E-state index contributed by atoms with van der Waals surface area (Å²) >= 11 is 1.55. The lowest BCUT2D eigenvalue weighted by Gasteiger charge is -2.13. The normalized spacial score (nSPS) is 12.4. The summed E-state index contributed by atoms with van der Waals surface area (Å²) in [5.74, 6) is 0.375. The summed E-state index contributed by atoms with van der Waals surface area (Å²) in [5, 5.41) is 8.10. The Bertz CT molecular complexity index is 828. The summed E-state index contributed by atoms with van der Waals surface area (Å²) in [6.45, 7) is 1.70. The molecule has 1 atom stereocenters. The van der Waals surface area contributed by atoms with Crippen LogP contribution >= 0.6 is 11.3 Å².